The zero-order chi connectivity index (χ0) is 17.3. The summed E-state index contributed by atoms with van der Waals surface area (Å²) in [7, 11) is 0. The lowest BCUT2D eigenvalue weighted by molar-refractivity contribution is -0.117. The van der Waals surface area contributed by atoms with Gasteiger partial charge < -0.3 is 10.1 Å². The maximum atomic E-state index is 12.2. The normalized spacial score (nSPS) is 18.0. The first kappa shape index (κ1) is 17.2. The van der Waals surface area contributed by atoms with Gasteiger partial charge in [0.05, 0.1) is 18.2 Å². The van der Waals surface area contributed by atoms with Crippen molar-refractivity contribution in [2.45, 2.75) is 17.7 Å². The first-order chi connectivity index (χ1) is 11.4. The molecule has 0 aliphatic heterocycles. The van der Waals surface area contributed by atoms with Crippen LogP contribution in [0, 0.1) is 5.92 Å². The Kier molecular flexibility index (Phi) is 4.80. The molecule has 1 amide bonds. The molecule has 1 heterocycles. The highest BCUT2D eigenvalue weighted by molar-refractivity contribution is 7.18. The summed E-state index contributed by atoms with van der Waals surface area (Å²) >= 11 is 12.9. The molecule has 0 radical (unpaired) electrons. The fourth-order valence-corrected chi connectivity index (χ4v) is 3.58. The van der Waals surface area contributed by atoms with Gasteiger partial charge in [-0.1, -0.05) is 41.7 Å². The van der Waals surface area contributed by atoms with E-state index < -0.39 is 16.2 Å². The van der Waals surface area contributed by atoms with Crippen molar-refractivity contribution in [1.29, 1.82) is 0 Å². The highest BCUT2D eigenvalue weighted by atomic mass is 35.5. The molecule has 1 fully saturated rings. The van der Waals surface area contributed by atoms with Gasteiger partial charge >= 0.3 is 5.97 Å². The molecular weight excluding hydrogens is 371 g/mol. The number of ether oxygens (including phenoxy) is 1. The van der Waals surface area contributed by atoms with Crippen LogP contribution in [0.5, 0.6) is 0 Å². The van der Waals surface area contributed by atoms with Crippen molar-refractivity contribution in [2.75, 3.05) is 11.9 Å². The summed E-state index contributed by atoms with van der Waals surface area (Å²) in [5.41, 5.74) is 1.25. The van der Waals surface area contributed by atoms with Crippen molar-refractivity contribution < 1.29 is 14.3 Å². The first-order valence-corrected chi connectivity index (χ1v) is 8.91. The second-order valence-corrected chi connectivity index (χ2v) is 7.83. The van der Waals surface area contributed by atoms with Gasteiger partial charge in [0.1, 0.15) is 9.21 Å². The van der Waals surface area contributed by atoms with Crippen LogP contribution in [0.4, 0.5) is 5.13 Å². The van der Waals surface area contributed by atoms with Crippen LogP contribution in [0.15, 0.2) is 30.3 Å². The van der Waals surface area contributed by atoms with Crippen molar-refractivity contribution >= 4 is 51.5 Å². The van der Waals surface area contributed by atoms with E-state index in [4.69, 9.17) is 27.9 Å². The van der Waals surface area contributed by atoms with Crippen molar-refractivity contribution in [1.82, 2.24) is 4.98 Å². The number of thiazole rings is 1. The van der Waals surface area contributed by atoms with E-state index in [-0.39, 0.29) is 12.5 Å². The fraction of sp³-hybridized carbons (Fsp3) is 0.312. The molecule has 1 saturated carbocycles. The zero-order valence-electron chi connectivity index (χ0n) is 12.7. The van der Waals surface area contributed by atoms with E-state index in [1.165, 1.54) is 0 Å². The first-order valence-electron chi connectivity index (χ1n) is 7.34. The van der Waals surface area contributed by atoms with E-state index in [0.717, 1.165) is 16.9 Å². The number of benzene rings is 1. The van der Waals surface area contributed by atoms with Crippen LogP contribution in [0.1, 0.15) is 23.0 Å². The quantitative estimate of drug-likeness (QED) is 0.621. The van der Waals surface area contributed by atoms with Gasteiger partial charge in [-0.05, 0) is 13.3 Å². The number of carbonyl (C=O) groups excluding carboxylic acids is 2. The summed E-state index contributed by atoms with van der Waals surface area (Å²) in [5, 5.41) is 3.00. The molecule has 0 bridgehead atoms. The molecule has 0 spiro atoms. The molecule has 126 valence electrons. The Bertz CT molecular complexity index is 777. The van der Waals surface area contributed by atoms with Gasteiger partial charge in [0.15, 0.2) is 5.13 Å². The smallest absolute Gasteiger partial charge is 0.350 e. The Morgan fingerprint density at radius 1 is 1.38 bits per heavy atom. The molecule has 0 saturated heterocycles. The molecule has 1 unspecified atom stereocenters. The Morgan fingerprint density at radius 3 is 2.62 bits per heavy atom. The molecule has 5 nitrogen and oxygen atoms in total. The molecule has 1 atom stereocenters. The number of amides is 1. The lowest BCUT2D eigenvalue weighted by Gasteiger charge is -2.01. The number of aromatic nitrogens is 1. The number of rotatable bonds is 5. The van der Waals surface area contributed by atoms with Crippen LogP contribution in [0.25, 0.3) is 11.3 Å². The third kappa shape index (κ3) is 3.55. The zero-order valence-corrected chi connectivity index (χ0v) is 15.0. The van der Waals surface area contributed by atoms with Gasteiger partial charge in [0.2, 0.25) is 5.91 Å². The number of halogens is 2. The number of alkyl halides is 2. The van der Waals surface area contributed by atoms with Gasteiger partial charge in [-0.2, -0.15) is 0 Å². The Hall–Kier alpha value is -1.63. The van der Waals surface area contributed by atoms with E-state index in [1.54, 1.807) is 6.92 Å². The Morgan fingerprint density at radius 2 is 2.04 bits per heavy atom. The Labute approximate surface area is 152 Å². The summed E-state index contributed by atoms with van der Waals surface area (Å²) in [5.74, 6) is -1.23. The standard InChI is InChI=1S/C16H14Cl2N2O3S/c1-2-23-14(22)12-11(9-6-4-3-5-7-9)19-15(24-12)20-13(21)10-8-16(10,17)18/h3-7,10H,2,8H2,1H3,(H,19,20,21). The third-order valence-corrected chi connectivity index (χ3v) is 5.29. The highest BCUT2D eigenvalue weighted by Gasteiger charge is 2.56. The minimum Gasteiger partial charge on any atom is -0.462 e. The molecule has 1 aromatic heterocycles. The second kappa shape index (κ2) is 6.70. The van der Waals surface area contributed by atoms with Crippen LogP contribution in [-0.4, -0.2) is 27.8 Å². The number of esters is 1. The van der Waals surface area contributed by atoms with Crippen molar-refractivity contribution in [3.8, 4) is 11.3 Å². The molecule has 1 aromatic carbocycles. The minimum absolute atomic E-state index is 0.260. The SMILES string of the molecule is CCOC(=O)c1sc(NC(=O)C2CC2(Cl)Cl)nc1-c1ccccc1. The van der Waals surface area contributed by atoms with Gasteiger partial charge in [0.25, 0.3) is 0 Å². The maximum absolute atomic E-state index is 12.2. The van der Waals surface area contributed by atoms with Crippen LogP contribution in [-0.2, 0) is 9.53 Å². The molecule has 3 rings (SSSR count). The van der Waals surface area contributed by atoms with Gasteiger partial charge in [-0.3, -0.25) is 4.79 Å². The summed E-state index contributed by atoms with van der Waals surface area (Å²) in [4.78, 5) is 29.0. The van der Waals surface area contributed by atoms with Crippen molar-refractivity contribution in [3.05, 3.63) is 35.2 Å². The lowest BCUT2D eigenvalue weighted by atomic mass is 10.1. The molecule has 1 aliphatic rings. The van der Waals surface area contributed by atoms with Gasteiger partial charge in [-0.25, -0.2) is 9.78 Å². The second-order valence-electron chi connectivity index (χ2n) is 5.29. The van der Waals surface area contributed by atoms with Crippen molar-refractivity contribution in [3.63, 3.8) is 0 Å². The summed E-state index contributed by atoms with van der Waals surface area (Å²) in [6.45, 7) is 1.99. The van der Waals surface area contributed by atoms with E-state index in [1.807, 2.05) is 30.3 Å². The average Bonchev–Trinajstić information content (AvgIpc) is 3.01. The maximum Gasteiger partial charge on any atom is 0.350 e. The third-order valence-electron chi connectivity index (χ3n) is 3.51. The number of hydrogen-bond acceptors (Lipinski definition) is 5. The number of carbonyl (C=O) groups is 2. The van der Waals surface area contributed by atoms with Crippen LogP contribution in [0.3, 0.4) is 0 Å². The number of anilines is 1. The molecule has 24 heavy (non-hydrogen) atoms. The molecule has 1 aliphatic carbocycles. The van der Waals surface area contributed by atoms with Gasteiger partial charge in [0, 0.05) is 5.56 Å². The predicted octanol–water partition coefficient (Wildman–Crippen LogP) is 4.12. The summed E-state index contributed by atoms with van der Waals surface area (Å²) < 4.78 is 4.07. The molecule has 2 aromatic rings. The average molecular weight is 385 g/mol. The van der Waals surface area contributed by atoms with Gasteiger partial charge in [-0.15, -0.1) is 23.2 Å². The largest absolute Gasteiger partial charge is 0.462 e. The van der Waals surface area contributed by atoms with E-state index in [9.17, 15) is 9.59 Å². The van der Waals surface area contributed by atoms with E-state index in [0.29, 0.717) is 22.1 Å². The van der Waals surface area contributed by atoms with Crippen molar-refractivity contribution in [2.24, 2.45) is 5.92 Å². The minimum atomic E-state index is -1.01. The van der Waals surface area contributed by atoms with Crippen LogP contribution in [0.2, 0.25) is 0 Å². The molecule has 8 heteroatoms. The van der Waals surface area contributed by atoms with Crippen LogP contribution >= 0.6 is 34.5 Å². The fourth-order valence-electron chi connectivity index (χ4n) is 2.19. The summed E-state index contributed by atoms with van der Waals surface area (Å²) in [6, 6.07) is 9.25. The number of nitrogens with zero attached hydrogens (tertiary/aromatic N) is 1. The molecule has 1 N–H and O–H groups in total. The molecular formula is C16H14Cl2N2O3S. The number of hydrogen-bond donors (Lipinski definition) is 1. The predicted molar refractivity (Wildman–Crippen MR) is 94.7 cm³/mol. The highest BCUT2D eigenvalue weighted by Crippen LogP contribution is 2.53. The topological polar surface area (TPSA) is 68.3 Å². The van der Waals surface area contributed by atoms with E-state index in [2.05, 4.69) is 10.3 Å². The lowest BCUT2D eigenvalue weighted by Crippen LogP contribution is -2.16. The monoisotopic (exact) mass is 384 g/mol. The van der Waals surface area contributed by atoms with Crippen LogP contribution < -0.4 is 5.32 Å². The summed E-state index contributed by atoms with van der Waals surface area (Å²) in [6.07, 6.45) is 0.406. The van der Waals surface area contributed by atoms with E-state index >= 15 is 0 Å². The Balaban J connectivity index is 1.89. The number of nitrogens with one attached hydrogen (secondary N) is 1.